The Kier molecular flexibility index (Phi) is 10.2. The third-order valence-corrected chi connectivity index (χ3v) is 5.46. The van der Waals surface area contributed by atoms with Crippen molar-refractivity contribution in [3.63, 3.8) is 0 Å². The van der Waals surface area contributed by atoms with Crippen LogP contribution < -0.4 is 0 Å². The first kappa shape index (κ1) is 23.7. The lowest BCUT2D eigenvalue weighted by atomic mass is 9.99. The van der Waals surface area contributed by atoms with Gasteiger partial charge >= 0.3 is 5.97 Å². The summed E-state index contributed by atoms with van der Waals surface area (Å²) in [5, 5.41) is 19.1. The zero-order valence-electron chi connectivity index (χ0n) is 17.8. The lowest BCUT2D eigenvalue weighted by molar-refractivity contribution is -0.137. The minimum absolute atomic E-state index is 0.0113. The Balaban J connectivity index is 1.76. The van der Waals surface area contributed by atoms with Crippen molar-refractivity contribution < 1.29 is 19.8 Å². The van der Waals surface area contributed by atoms with E-state index in [1.165, 1.54) is 0 Å². The SMILES string of the molecule is CC(CC#Cc1ccccc1)[C@@H](O)/C=C/[C@H]1CCC(=O)N1CCCCCCC(=O)O. The van der Waals surface area contributed by atoms with Crippen molar-refractivity contribution in [2.24, 2.45) is 5.92 Å². The quantitative estimate of drug-likeness (QED) is 0.328. The fourth-order valence-electron chi connectivity index (χ4n) is 3.55. The minimum atomic E-state index is -0.756. The molecule has 1 aromatic rings. The highest BCUT2D eigenvalue weighted by Crippen LogP contribution is 2.22. The number of hydrogen-bond acceptors (Lipinski definition) is 3. The molecule has 5 nitrogen and oxygen atoms in total. The maximum atomic E-state index is 12.2. The first-order chi connectivity index (χ1) is 14.5. The van der Waals surface area contributed by atoms with E-state index >= 15 is 0 Å². The van der Waals surface area contributed by atoms with E-state index in [-0.39, 0.29) is 24.3 Å². The number of hydrogen-bond donors (Lipinski definition) is 2. The van der Waals surface area contributed by atoms with Crippen LogP contribution in [-0.4, -0.2) is 45.7 Å². The van der Waals surface area contributed by atoms with Gasteiger partial charge in [-0.05, 0) is 37.3 Å². The summed E-state index contributed by atoms with van der Waals surface area (Å²) in [5.74, 6) is 5.66. The van der Waals surface area contributed by atoms with Crippen molar-refractivity contribution >= 4 is 11.9 Å². The molecule has 1 saturated heterocycles. The number of nitrogens with zero attached hydrogens (tertiary/aromatic N) is 1. The van der Waals surface area contributed by atoms with E-state index in [2.05, 4.69) is 11.8 Å². The number of likely N-dealkylation sites (tertiary alicyclic amines) is 1. The predicted molar refractivity (Wildman–Crippen MR) is 118 cm³/mol. The van der Waals surface area contributed by atoms with Crippen molar-refractivity contribution in [3.05, 3.63) is 48.0 Å². The van der Waals surface area contributed by atoms with Crippen LogP contribution in [-0.2, 0) is 9.59 Å². The third kappa shape index (κ3) is 8.42. The Labute approximate surface area is 179 Å². The van der Waals surface area contributed by atoms with E-state index in [4.69, 9.17) is 5.11 Å². The molecule has 0 bridgehead atoms. The van der Waals surface area contributed by atoms with Gasteiger partial charge in [-0.15, -0.1) is 0 Å². The van der Waals surface area contributed by atoms with E-state index < -0.39 is 12.1 Å². The number of carboxylic acid groups (broad SMARTS) is 1. The van der Waals surface area contributed by atoms with Crippen LogP contribution in [0.5, 0.6) is 0 Å². The molecule has 1 aliphatic rings. The number of rotatable bonds is 11. The fourth-order valence-corrected chi connectivity index (χ4v) is 3.55. The molecule has 5 heteroatoms. The lowest BCUT2D eigenvalue weighted by Crippen LogP contribution is -2.33. The normalized spacial score (nSPS) is 18.3. The standard InChI is InChI=1S/C25H33NO4/c1-20(10-9-13-21-11-5-4-6-12-21)23(27)17-15-22-16-18-24(28)26(22)19-8-3-2-7-14-25(29)30/h4-6,11-12,15,17,20,22-23,27H,2-3,7-8,10,14,16,18-19H2,1H3,(H,29,30)/b17-15+/t20?,22-,23-/m0/s1. The number of aliphatic hydroxyl groups is 1. The van der Waals surface area contributed by atoms with Crippen LogP contribution in [0.2, 0.25) is 0 Å². The summed E-state index contributed by atoms with van der Waals surface area (Å²) in [4.78, 5) is 24.6. The summed E-state index contributed by atoms with van der Waals surface area (Å²) in [5.41, 5.74) is 0.970. The van der Waals surface area contributed by atoms with Crippen molar-refractivity contribution in [1.29, 1.82) is 0 Å². The maximum Gasteiger partial charge on any atom is 0.303 e. The van der Waals surface area contributed by atoms with E-state index in [1.807, 2.05) is 48.2 Å². The van der Waals surface area contributed by atoms with Gasteiger partial charge in [0.05, 0.1) is 12.1 Å². The number of aliphatic carboxylic acids is 1. The van der Waals surface area contributed by atoms with E-state index in [0.29, 0.717) is 25.8 Å². The second kappa shape index (κ2) is 12.9. The van der Waals surface area contributed by atoms with Crippen LogP contribution in [0, 0.1) is 17.8 Å². The molecule has 3 atom stereocenters. The topological polar surface area (TPSA) is 77.8 Å². The van der Waals surface area contributed by atoms with Gasteiger partial charge in [-0.25, -0.2) is 0 Å². The summed E-state index contributed by atoms with van der Waals surface area (Å²) in [7, 11) is 0. The Morgan fingerprint density at radius 2 is 1.97 bits per heavy atom. The van der Waals surface area contributed by atoms with Gasteiger partial charge in [0.25, 0.3) is 0 Å². The maximum absolute atomic E-state index is 12.2. The summed E-state index contributed by atoms with van der Waals surface area (Å²) in [6.45, 7) is 2.67. The molecule has 1 aliphatic heterocycles. The Morgan fingerprint density at radius 3 is 2.70 bits per heavy atom. The second-order valence-electron chi connectivity index (χ2n) is 7.98. The van der Waals surface area contributed by atoms with Crippen molar-refractivity contribution in [1.82, 2.24) is 4.90 Å². The highest BCUT2D eigenvalue weighted by atomic mass is 16.4. The average molecular weight is 412 g/mol. The van der Waals surface area contributed by atoms with Crippen LogP contribution in [0.1, 0.15) is 63.9 Å². The van der Waals surface area contributed by atoms with Crippen LogP contribution in [0.15, 0.2) is 42.5 Å². The van der Waals surface area contributed by atoms with Gasteiger partial charge in [0, 0.05) is 31.4 Å². The number of unbranched alkanes of at least 4 members (excludes halogenated alkanes) is 3. The molecule has 1 amide bonds. The van der Waals surface area contributed by atoms with Gasteiger partial charge in [-0.3, -0.25) is 9.59 Å². The molecule has 0 aromatic heterocycles. The largest absolute Gasteiger partial charge is 0.481 e. The molecular formula is C25H33NO4. The fraction of sp³-hybridized carbons (Fsp3) is 0.520. The first-order valence-electron chi connectivity index (χ1n) is 10.9. The lowest BCUT2D eigenvalue weighted by Gasteiger charge is -2.23. The third-order valence-electron chi connectivity index (χ3n) is 5.46. The highest BCUT2D eigenvalue weighted by Gasteiger charge is 2.28. The Morgan fingerprint density at radius 1 is 1.23 bits per heavy atom. The predicted octanol–water partition coefficient (Wildman–Crippen LogP) is 4.01. The van der Waals surface area contributed by atoms with Gasteiger partial charge in [0.2, 0.25) is 5.91 Å². The first-order valence-corrected chi connectivity index (χ1v) is 10.9. The van der Waals surface area contributed by atoms with Crippen LogP contribution in [0.3, 0.4) is 0 Å². The van der Waals surface area contributed by atoms with Crippen LogP contribution in [0.4, 0.5) is 0 Å². The van der Waals surface area contributed by atoms with Crippen molar-refractivity contribution in [2.75, 3.05) is 6.54 Å². The summed E-state index contributed by atoms with van der Waals surface area (Å²) >= 11 is 0. The van der Waals surface area contributed by atoms with E-state index in [1.54, 1.807) is 6.08 Å². The second-order valence-corrected chi connectivity index (χ2v) is 7.98. The number of amides is 1. The number of aliphatic hydroxyl groups excluding tert-OH is 1. The molecule has 162 valence electrons. The minimum Gasteiger partial charge on any atom is -0.481 e. The summed E-state index contributed by atoms with van der Waals surface area (Å²) in [6, 6.07) is 9.83. The molecule has 1 fully saturated rings. The van der Waals surface area contributed by atoms with E-state index in [9.17, 15) is 14.7 Å². The molecule has 1 heterocycles. The zero-order valence-corrected chi connectivity index (χ0v) is 17.8. The number of benzene rings is 1. The molecule has 1 unspecified atom stereocenters. The summed E-state index contributed by atoms with van der Waals surface area (Å²) < 4.78 is 0. The monoisotopic (exact) mass is 411 g/mol. The van der Waals surface area contributed by atoms with Gasteiger partial charge in [0.15, 0.2) is 0 Å². The summed E-state index contributed by atoms with van der Waals surface area (Å²) in [6.07, 6.45) is 8.66. The number of carbonyl (C=O) groups is 2. The Bertz CT molecular complexity index is 762. The van der Waals surface area contributed by atoms with Gasteiger partial charge in [0.1, 0.15) is 0 Å². The molecule has 0 saturated carbocycles. The van der Waals surface area contributed by atoms with Crippen molar-refractivity contribution in [2.45, 2.75) is 70.4 Å². The van der Waals surface area contributed by atoms with Crippen molar-refractivity contribution in [3.8, 4) is 11.8 Å². The smallest absolute Gasteiger partial charge is 0.303 e. The molecule has 30 heavy (non-hydrogen) atoms. The highest BCUT2D eigenvalue weighted by molar-refractivity contribution is 5.79. The molecular weight excluding hydrogens is 378 g/mol. The van der Waals surface area contributed by atoms with Gasteiger partial charge in [-0.2, -0.15) is 0 Å². The Hall–Kier alpha value is -2.58. The van der Waals surface area contributed by atoms with Crippen LogP contribution >= 0.6 is 0 Å². The van der Waals surface area contributed by atoms with Crippen LogP contribution in [0.25, 0.3) is 0 Å². The van der Waals surface area contributed by atoms with E-state index in [0.717, 1.165) is 31.2 Å². The van der Waals surface area contributed by atoms with Gasteiger partial charge in [-0.1, -0.05) is 62.0 Å². The molecule has 2 rings (SSSR count). The average Bonchev–Trinajstić information content (AvgIpc) is 3.08. The molecule has 0 radical (unpaired) electrons. The molecule has 0 spiro atoms. The zero-order chi connectivity index (χ0) is 21.8. The molecule has 1 aromatic carbocycles. The molecule has 0 aliphatic carbocycles. The molecule has 2 N–H and O–H groups in total. The number of carbonyl (C=O) groups excluding carboxylic acids is 1. The van der Waals surface area contributed by atoms with Gasteiger partial charge < -0.3 is 15.1 Å². The number of carboxylic acids is 1.